The van der Waals surface area contributed by atoms with Crippen molar-refractivity contribution >= 4 is 6.09 Å². The highest BCUT2D eigenvalue weighted by Crippen LogP contribution is 2.27. The van der Waals surface area contributed by atoms with E-state index in [1.54, 1.807) is 24.5 Å². The first-order valence-corrected chi connectivity index (χ1v) is 6.92. The Morgan fingerprint density at radius 1 is 1.24 bits per heavy atom. The lowest BCUT2D eigenvalue weighted by molar-refractivity contribution is -0.0171. The van der Waals surface area contributed by atoms with Crippen LogP contribution < -0.4 is 4.74 Å². The molecule has 1 aromatic carbocycles. The summed E-state index contributed by atoms with van der Waals surface area (Å²) >= 11 is 0. The summed E-state index contributed by atoms with van der Waals surface area (Å²) in [5, 5.41) is 0. The Morgan fingerprint density at radius 2 is 1.95 bits per heavy atom. The lowest BCUT2D eigenvalue weighted by atomic mass is 9.99. The number of rotatable bonds is 2. The van der Waals surface area contributed by atoms with E-state index in [0.717, 1.165) is 5.57 Å². The summed E-state index contributed by atoms with van der Waals surface area (Å²) in [5.41, 5.74) is 0.917. The van der Waals surface area contributed by atoms with E-state index >= 15 is 0 Å². The summed E-state index contributed by atoms with van der Waals surface area (Å²) in [5.74, 6) is 0.673. The molecule has 0 spiro atoms. The molecule has 0 radical (unpaired) electrons. The van der Waals surface area contributed by atoms with Crippen LogP contribution in [0.2, 0.25) is 0 Å². The Kier molecular flexibility index (Phi) is 4.03. The van der Waals surface area contributed by atoms with Crippen molar-refractivity contribution in [1.82, 2.24) is 4.90 Å². The molecule has 21 heavy (non-hydrogen) atoms. The molecular formula is C16H17NO4. The van der Waals surface area contributed by atoms with E-state index in [-0.39, 0.29) is 12.2 Å². The van der Waals surface area contributed by atoms with E-state index in [9.17, 15) is 4.79 Å². The number of carbonyl (C=O) groups excluding carboxylic acids is 1. The molecule has 0 N–H and O–H groups in total. The smallest absolute Gasteiger partial charge is 0.410 e. The van der Waals surface area contributed by atoms with E-state index in [1.165, 1.54) is 4.90 Å². The van der Waals surface area contributed by atoms with Crippen LogP contribution in [-0.2, 0) is 9.47 Å². The Balaban J connectivity index is 1.72. The van der Waals surface area contributed by atoms with Gasteiger partial charge in [-0.1, -0.05) is 31.2 Å². The molecule has 110 valence electrons. The van der Waals surface area contributed by atoms with Crippen molar-refractivity contribution in [2.45, 2.75) is 13.2 Å². The van der Waals surface area contributed by atoms with E-state index in [4.69, 9.17) is 14.2 Å². The molecule has 1 amide bonds. The molecule has 5 heteroatoms. The van der Waals surface area contributed by atoms with Gasteiger partial charge in [-0.25, -0.2) is 4.79 Å². The molecule has 0 bridgehead atoms. The molecule has 0 aliphatic carbocycles. The van der Waals surface area contributed by atoms with Crippen molar-refractivity contribution < 1.29 is 19.0 Å². The van der Waals surface area contributed by atoms with Gasteiger partial charge in [0.1, 0.15) is 5.75 Å². The van der Waals surface area contributed by atoms with Crippen LogP contribution in [0.5, 0.6) is 5.75 Å². The van der Waals surface area contributed by atoms with Crippen molar-refractivity contribution in [2.24, 2.45) is 5.92 Å². The molecule has 5 nitrogen and oxygen atoms in total. The van der Waals surface area contributed by atoms with Crippen LogP contribution in [0.4, 0.5) is 4.79 Å². The van der Waals surface area contributed by atoms with Gasteiger partial charge in [-0.15, -0.1) is 0 Å². The summed E-state index contributed by atoms with van der Waals surface area (Å²) in [7, 11) is 0. The minimum atomic E-state index is -0.458. The molecule has 1 saturated heterocycles. The van der Waals surface area contributed by atoms with Gasteiger partial charge >= 0.3 is 6.09 Å². The number of nitrogens with zero attached hydrogens (tertiary/aromatic N) is 1. The summed E-state index contributed by atoms with van der Waals surface area (Å²) in [4.78, 5) is 13.6. The first-order valence-electron chi connectivity index (χ1n) is 6.92. The fourth-order valence-electron chi connectivity index (χ4n) is 2.24. The summed E-state index contributed by atoms with van der Waals surface area (Å²) in [6.07, 6.45) is 4.52. The van der Waals surface area contributed by atoms with Crippen LogP contribution in [0.1, 0.15) is 6.92 Å². The van der Waals surface area contributed by atoms with E-state index in [1.807, 2.05) is 31.2 Å². The molecule has 1 unspecified atom stereocenters. The normalized spacial score (nSPS) is 22.2. The van der Waals surface area contributed by atoms with Crippen molar-refractivity contribution in [3.05, 3.63) is 54.4 Å². The number of benzene rings is 1. The third kappa shape index (κ3) is 3.15. The minimum absolute atomic E-state index is 0.161. The predicted molar refractivity (Wildman–Crippen MR) is 76.4 cm³/mol. The van der Waals surface area contributed by atoms with Gasteiger partial charge in [0.15, 0.2) is 6.29 Å². The zero-order chi connectivity index (χ0) is 14.7. The fraction of sp³-hybridized carbons (Fsp3) is 0.312. The fourth-order valence-corrected chi connectivity index (χ4v) is 2.24. The Hall–Kier alpha value is -2.11. The SMILES string of the molecule is CC1C=CN(C(=O)Oc2ccccc2)C=C1C1OCCO1. The van der Waals surface area contributed by atoms with Gasteiger partial charge in [-0.05, 0) is 12.1 Å². The molecule has 1 atom stereocenters. The lowest BCUT2D eigenvalue weighted by Gasteiger charge is -2.25. The van der Waals surface area contributed by atoms with Crippen LogP contribution >= 0.6 is 0 Å². The van der Waals surface area contributed by atoms with Gasteiger partial charge in [0, 0.05) is 23.9 Å². The van der Waals surface area contributed by atoms with Crippen molar-refractivity contribution in [3.8, 4) is 5.75 Å². The molecule has 1 fully saturated rings. The summed E-state index contributed by atoms with van der Waals surface area (Å²) < 4.78 is 16.3. The van der Waals surface area contributed by atoms with Gasteiger partial charge in [0.05, 0.1) is 13.2 Å². The second kappa shape index (κ2) is 6.11. The maximum atomic E-state index is 12.2. The number of para-hydroxylation sites is 1. The molecule has 0 aromatic heterocycles. The molecular weight excluding hydrogens is 270 g/mol. The first-order chi connectivity index (χ1) is 10.2. The molecule has 1 aromatic rings. The van der Waals surface area contributed by atoms with Gasteiger partial charge in [0.25, 0.3) is 0 Å². The van der Waals surface area contributed by atoms with Gasteiger partial charge < -0.3 is 14.2 Å². The zero-order valence-electron chi connectivity index (χ0n) is 11.8. The molecule has 3 rings (SSSR count). The molecule has 0 saturated carbocycles. The van der Waals surface area contributed by atoms with Gasteiger partial charge in [-0.3, -0.25) is 4.90 Å². The monoisotopic (exact) mass is 287 g/mol. The standard InChI is InChI=1S/C16H17NO4/c1-12-7-8-17(11-14(12)15-19-9-10-20-15)16(18)21-13-5-3-2-4-6-13/h2-8,11-12,15H,9-10H2,1H3. The Labute approximate surface area is 123 Å². The minimum Gasteiger partial charge on any atom is -0.410 e. The van der Waals surface area contributed by atoms with Gasteiger partial charge in [0.2, 0.25) is 0 Å². The number of hydrogen-bond donors (Lipinski definition) is 0. The number of hydrogen-bond acceptors (Lipinski definition) is 4. The first kappa shape index (κ1) is 13.9. The second-order valence-corrected chi connectivity index (χ2v) is 4.92. The maximum Gasteiger partial charge on any atom is 0.423 e. The zero-order valence-corrected chi connectivity index (χ0v) is 11.8. The summed E-state index contributed by atoms with van der Waals surface area (Å²) in [6, 6.07) is 8.98. The van der Waals surface area contributed by atoms with Crippen LogP contribution in [0.3, 0.4) is 0 Å². The van der Waals surface area contributed by atoms with E-state index < -0.39 is 6.09 Å². The Bertz CT molecular complexity index is 561. The molecule has 2 aliphatic rings. The van der Waals surface area contributed by atoms with Crippen LogP contribution in [0, 0.1) is 5.92 Å². The molecule has 2 aliphatic heterocycles. The topological polar surface area (TPSA) is 48.0 Å². The third-order valence-electron chi connectivity index (χ3n) is 3.40. The van der Waals surface area contributed by atoms with Crippen molar-refractivity contribution in [1.29, 1.82) is 0 Å². The highest BCUT2D eigenvalue weighted by molar-refractivity contribution is 5.73. The second-order valence-electron chi connectivity index (χ2n) is 4.92. The highest BCUT2D eigenvalue weighted by Gasteiger charge is 2.28. The third-order valence-corrected chi connectivity index (χ3v) is 3.40. The van der Waals surface area contributed by atoms with Crippen molar-refractivity contribution in [2.75, 3.05) is 13.2 Å². The maximum absolute atomic E-state index is 12.2. The van der Waals surface area contributed by atoms with Crippen molar-refractivity contribution in [3.63, 3.8) is 0 Å². The number of amides is 1. The Morgan fingerprint density at radius 3 is 2.67 bits per heavy atom. The predicted octanol–water partition coefficient (Wildman–Crippen LogP) is 2.91. The lowest BCUT2D eigenvalue weighted by Crippen LogP contribution is -2.30. The van der Waals surface area contributed by atoms with Crippen LogP contribution in [0.15, 0.2) is 54.4 Å². The number of carbonyl (C=O) groups is 1. The van der Waals surface area contributed by atoms with Crippen LogP contribution in [0.25, 0.3) is 0 Å². The van der Waals surface area contributed by atoms with Gasteiger partial charge in [-0.2, -0.15) is 0 Å². The molecule has 2 heterocycles. The quantitative estimate of drug-likeness (QED) is 0.839. The largest absolute Gasteiger partial charge is 0.423 e. The van der Waals surface area contributed by atoms with E-state index in [0.29, 0.717) is 19.0 Å². The average molecular weight is 287 g/mol. The number of ether oxygens (including phenoxy) is 3. The highest BCUT2D eigenvalue weighted by atomic mass is 16.7. The van der Waals surface area contributed by atoms with Crippen LogP contribution in [-0.4, -0.2) is 30.5 Å². The van der Waals surface area contributed by atoms with E-state index in [2.05, 4.69) is 0 Å². The number of allylic oxidation sites excluding steroid dienone is 1. The average Bonchev–Trinajstić information content (AvgIpc) is 3.03. The summed E-state index contributed by atoms with van der Waals surface area (Å²) in [6.45, 7) is 3.19.